The van der Waals surface area contributed by atoms with Crippen LogP contribution in [0.2, 0.25) is 0 Å². The van der Waals surface area contributed by atoms with Crippen molar-refractivity contribution in [2.24, 2.45) is 0 Å². The number of para-hydroxylation sites is 2. The van der Waals surface area contributed by atoms with E-state index in [1.807, 2.05) is 95.8 Å². The Hall–Kier alpha value is -5.80. The van der Waals surface area contributed by atoms with Gasteiger partial charge in [-0.2, -0.15) is 18.4 Å². The minimum Gasteiger partial charge on any atom is -0.309 e. The van der Waals surface area contributed by atoms with Crippen LogP contribution >= 0.6 is 0 Å². The van der Waals surface area contributed by atoms with E-state index < -0.39 is 11.7 Å². The van der Waals surface area contributed by atoms with Crippen molar-refractivity contribution in [2.45, 2.75) is 26.9 Å². The molecule has 0 saturated heterocycles. The number of aromatic nitrogens is 2. The summed E-state index contributed by atoms with van der Waals surface area (Å²) in [5.74, 6) is 0. The number of halogens is 3. The zero-order valence-electron chi connectivity index (χ0n) is 25.9. The molecule has 0 atom stereocenters. The Balaban J connectivity index is 1.58. The third kappa shape index (κ3) is 4.34. The summed E-state index contributed by atoms with van der Waals surface area (Å²) in [5.41, 5.74) is 7.26. The second kappa shape index (κ2) is 10.4. The van der Waals surface area contributed by atoms with Crippen LogP contribution in [-0.2, 0) is 6.18 Å². The number of aryl methyl sites for hydroxylation is 3. The SMILES string of the molecule is Cc1ccc2c(c1)c1ccccc1n2-c1cc(-c2c(C)cccc2C(F)(F)F)c(-n2c3ccccc3c3cc(C)ccc32)cc1C#N. The molecule has 2 aromatic heterocycles. The van der Waals surface area contributed by atoms with E-state index in [1.54, 1.807) is 25.1 Å². The molecule has 47 heavy (non-hydrogen) atoms. The van der Waals surface area contributed by atoms with E-state index in [-0.39, 0.29) is 5.56 Å². The molecule has 0 saturated carbocycles. The number of fused-ring (bicyclic) bond motifs is 6. The van der Waals surface area contributed by atoms with Crippen molar-refractivity contribution in [1.29, 1.82) is 5.26 Å². The predicted molar refractivity (Wildman–Crippen MR) is 184 cm³/mol. The van der Waals surface area contributed by atoms with Gasteiger partial charge in [-0.3, -0.25) is 0 Å². The summed E-state index contributed by atoms with van der Waals surface area (Å²) in [4.78, 5) is 0. The van der Waals surface area contributed by atoms with Crippen molar-refractivity contribution in [2.75, 3.05) is 0 Å². The third-order valence-electron chi connectivity index (χ3n) is 9.22. The van der Waals surface area contributed by atoms with Gasteiger partial charge < -0.3 is 9.13 Å². The number of nitriles is 1. The van der Waals surface area contributed by atoms with Gasteiger partial charge in [0.05, 0.1) is 44.6 Å². The van der Waals surface area contributed by atoms with Crippen molar-refractivity contribution in [1.82, 2.24) is 9.13 Å². The molecule has 0 spiro atoms. The van der Waals surface area contributed by atoms with Crippen LogP contribution in [-0.4, -0.2) is 9.13 Å². The molecule has 3 nitrogen and oxygen atoms in total. The highest BCUT2D eigenvalue weighted by molar-refractivity contribution is 6.11. The fourth-order valence-electron chi connectivity index (χ4n) is 7.19. The lowest BCUT2D eigenvalue weighted by Gasteiger charge is -2.22. The molecule has 228 valence electrons. The van der Waals surface area contributed by atoms with E-state index in [0.717, 1.165) is 60.8 Å². The maximum Gasteiger partial charge on any atom is 0.417 e. The zero-order chi connectivity index (χ0) is 32.6. The van der Waals surface area contributed by atoms with Crippen LogP contribution in [0.4, 0.5) is 13.2 Å². The predicted octanol–water partition coefficient (Wildman–Crippen LogP) is 11.4. The van der Waals surface area contributed by atoms with Gasteiger partial charge in [0.2, 0.25) is 0 Å². The highest BCUT2D eigenvalue weighted by Crippen LogP contribution is 2.45. The molecule has 0 unspecified atom stereocenters. The van der Waals surface area contributed by atoms with Crippen LogP contribution in [0.5, 0.6) is 0 Å². The molecule has 8 aromatic rings. The van der Waals surface area contributed by atoms with Gasteiger partial charge in [0, 0.05) is 27.1 Å². The summed E-state index contributed by atoms with van der Waals surface area (Å²) >= 11 is 0. The molecule has 0 bridgehead atoms. The summed E-state index contributed by atoms with van der Waals surface area (Å²) in [5, 5.41) is 14.7. The molecule has 6 heteroatoms. The van der Waals surface area contributed by atoms with Crippen molar-refractivity contribution < 1.29 is 13.2 Å². The highest BCUT2D eigenvalue weighted by Gasteiger charge is 2.35. The van der Waals surface area contributed by atoms with Crippen LogP contribution in [0.1, 0.15) is 27.8 Å². The van der Waals surface area contributed by atoms with Crippen molar-refractivity contribution >= 4 is 43.6 Å². The highest BCUT2D eigenvalue weighted by atomic mass is 19.4. The first-order chi connectivity index (χ1) is 22.7. The van der Waals surface area contributed by atoms with Crippen LogP contribution in [0.15, 0.2) is 115 Å². The van der Waals surface area contributed by atoms with Crippen molar-refractivity contribution in [3.63, 3.8) is 0 Å². The molecule has 0 N–H and O–H groups in total. The summed E-state index contributed by atoms with van der Waals surface area (Å²) < 4.78 is 48.6. The molecule has 6 aromatic carbocycles. The second-order valence-corrected chi connectivity index (χ2v) is 12.2. The smallest absolute Gasteiger partial charge is 0.309 e. The molecule has 0 aliphatic heterocycles. The molecule has 8 rings (SSSR count). The number of hydrogen-bond donors (Lipinski definition) is 0. The standard InChI is InChI=1S/C41H28F3N3/c1-24-15-17-36-30(19-24)28-10-4-6-13-34(28)46(36)38-22-32(40-26(3)9-8-12-33(40)41(42,43)44)39(21-27(38)23-45)47-35-14-7-5-11-29(35)31-20-25(2)16-18-37(31)47/h4-22H,1-3H3. The van der Waals surface area contributed by atoms with E-state index in [1.165, 1.54) is 6.07 Å². The Labute approximate surface area is 269 Å². The minimum absolute atomic E-state index is 0.0930. The van der Waals surface area contributed by atoms with Gasteiger partial charge in [0.1, 0.15) is 6.07 Å². The first kappa shape index (κ1) is 28.7. The quantitative estimate of drug-likeness (QED) is 0.194. The summed E-state index contributed by atoms with van der Waals surface area (Å²) in [7, 11) is 0. The molecule has 2 heterocycles. The molecule has 0 radical (unpaired) electrons. The number of benzene rings is 6. The van der Waals surface area contributed by atoms with Crippen LogP contribution in [0.25, 0.3) is 66.1 Å². The molecule has 0 aliphatic carbocycles. The second-order valence-electron chi connectivity index (χ2n) is 12.2. The van der Waals surface area contributed by atoms with E-state index >= 15 is 0 Å². The Kier molecular flexibility index (Phi) is 6.32. The summed E-state index contributed by atoms with van der Waals surface area (Å²) in [6.07, 6.45) is -4.60. The van der Waals surface area contributed by atoms with Gasteiger partial charge in [0.15, 0.2) is 0 Å². The van der Waals surface area contributed by atoms with Gasteiger partial charge >= 0.3 is 6.18 Å². The van der Waals surface area contributed by atoms with Gasteiger partial charge in [-0.25, -0.2) is 0 Å². The van der Waals surface area contributed by atoms with Crippen LogP contribution in [0, 0.1) is 32.1 Å². The number of hydrogen-bond acceptors (Lipinski definition) is 1. The lowest BCUT2D eigenvalue weighted by atomic mass is 9.91. The monoisotopic (exact) mass is 619 g/mol. The number of nitrogens with zero attached hydrogens (tertiary/aromatic N) is 3. The third-order valence-corrected chi connectivity index (χ3v) is 9.22. The fourth-order valence-corrected chi connectivity index (χ4v) is 7.19. The summed E-state index contributed by atoms with van der Waals surface area (Å²) in [6, 6.07) is 38.4. The van der Waals surface area contributed by atoms with Crippen molar-refractivity contribution in [3.05, 3.63) is 143 Å². The van der Waals surface area contributed by atoms with Gasteiger partial charge in [0.25, 0.3) is 0 Å². The molecule has 0 fully saturated rings. The van der Waals surface area contributed by atoms with Crippen molar-refractivity contribution in [3.8, 4) is 28.6 Å². The Morgan fingerprint density at radius 2 is 1.09 bits per heavy atom. The fraction of sp³-hybridized carbons (Fsp3) is 0.0976. The van der Waals surface area contributed by atoms with Gasteiger partial charge in [-0.05, 0) is 86.5 Å². The Bertz CT molecular complexity index is 2610. The Morgan fingerprint density at radius 3 is 1.64 bits per heavy atom. The number of alkyl halides is 3. The van der Waals surface area contributed by atoms with Crippen LogP contribution in [0.3, 0.4) is 0 Å². The first-order valence-electron chi connectivity index (χ1n) is 15.4. The van der Waals surface area contributed by atoms with E-state index in [2.05, 4.69) is 18.2 Å². The largest absolute Gasteiger partial charge is 0.417 e. The lowest BCUT2D eigenvalue weighted by molar-refractivity contribution is -0.137. The van der Waals surface area contributed by atoms with Crippen LogP contribution < -0.4 is 0 Å². The Morgan fingerprint density at radius 1 is 0.553 bits per heavy atom. The molecular formula is C41H28F3N3. The van der Waals surface area contributed by atoms with E-state index in [9.17, 15) is 18.4 Å². The number of rotatable bonds is 3. The molecular weight excluding hydrogens is 591 g/mol. The topological polar surface area (TPSA) is 33.6 Å². The minimum atomic E-state index is -4.60. The average Bonchev–Trinajstić information content (AvgIpc) is 3.55. The average molecular weight is 620 g/mol. The van der Waals surface area contributed by atoms with Gasteiger partial charge in [-0.15, -0.1) is 0 Å². The lowest BCUT2D eigenvalue weighted by Crippen LogP contribution is -2.10. The molecule has 0 aliphatic rings. The first-order valence-corrected chi connectivity index (χ1v) is 15.4. The molecule has 0 amide bonds. The van der Waals surface area contributed by atoms with E-state index in [0.29, 0.717) is 28.1 Å². The zero-order valence-corrected chi connectivity index (χ0v) is 25.9. The maximum absolute atomic E-state index is 14.8. The summed E-state index contributed by atoms with van der Waals surface area (Å²) in [6.45, 7) is 5.77. The van der Waals surface area contributed by atoms with E-state index in [4.69, 9.17) is 0 Å². The maximum atomic E-state index is 14.8. The normalized spacial score (nSPS) is 12.0. The van der Waals surface area contributed by atoms with Gasteiger partial charge in [-0.1, -0.05) is 71.8 Å².